The van der Waals surface area contributed by atoms with E-state index in [0.717, 1.165) is 0 Å². The number of likely N-dealkylation sites (N-methyl/N-ethyl adjacent to an activating group) is 1. The Morgan fingerprint density at radius 2 is 2.28 bits per heavy atom. The maximum absolute atomic E-state index is 12.3. The number of urea groups is 1. The van der Waals surface area contributed by atoms with Crippen LogP contribution < -0.4 is 5.32 Å². The lowest BCUT2D eigenvalue weighted by molar-refractivity contribution is -0.132. The number of nitrogens with zero attached hydrogens (tertiary/aromatic N) is 3. The molecule has 1 aromatic heterocycles. The molecule has 0 aromatic carbocycles. The molecule has 2 heterocycles. The zero-order valence-electron chi connectivity index (χ0n) is 10.7. The van der Waals surface area contributed by atoms with Crippen LogP contribution in [-0.4, -0.2) is 47.5 Å². The first kappa shape index (κ1) is 12.3. The van der Waals surface area contributed by atoms with E-state index in [2.05, 4.69) is 10.3 Å². The van der Waals surface area contributed by atoms with Gasteiger partial charge in [0.2, 0.25) is 0 Å². The van der Waals surface area contributed by atoms with Crippen molar-refractivity contribution in [3.63, 3.8) is 0 Å². The van der Waals surface area contributed by atoms with Gasteiger partial charge < -0.3 is 10.2 Å². The van der Waals surface area contributed by atoms with Crippen LogP contribution in [0.1, 0.15) is 12.5 Å². The molecule has 96 valence electrons. The van der Waals surface area contributed by atoms with Crippen molar-refractivity contribution in [1.29, 1.82) is 0 Å². The second kappa shape index (κ2) is 4.29. The number of rotatable bonds is 1. The van der Waals surface area contributed by atoms with Gasteiger partial charge in [-0.2, -0.15) is 0 Å². The molecule has 0 unspecified atom stereocenters. The average Bonchev–Trinajstić information content (AvgIpc) is 2.64. The number of amides is 3. The van der Waals surface area contributed by atoms with Gasteiger partial charge in [0.1, 0.15) is 5.54 Å². The highest BCUT2D eigenvalue weighted by molar-refractivity contribution is 5.94. The Hall–Kier alpha value is -2.11. The summed E-state index contributed by atoms with van der Waals surface area (Å²) in [7, 11) is 3.23. The van der Waals surface area contributed by atoms with Crippen LogP contribution in [0.15, 0.2) is 24.5 Å². The highest BCUT2D eigenvalue weighted by Crippen LogP contribution is 2.34. The van der Waals surface area contributed by atoms with Gasteiger partial charge in [-0.25, -0.2) is 4.79 Å². The fraction of sp³-hybridized carbons (Fsp3) is 0.417. The van der Waals surface area contributed by atoms with Crippen molar-refractivity contribution in [2.24, 2.45) is 0 Å². The molecule has 1 aromatic rings. The average molecular weight is 248 g/mol. The lowest BCUT2D eigenvalue weighted by Crippen LogP contribution is -2.49. The molecular formula is C12H16N4O2. The first-order valence-electron chi connectivity index (χ1n) is 5.67. The highest BCUT2D eigenvalue weighted by Gasteiger charge is 2.51. The Morgan fingerprint density at radius 1 is 1.56 bits per heavy atom. The topological polar surface area (TPSA) is 65.5 Å². The fourth-order valence-corrected chi connectivity index (χ4v) is 2.24. The Bertz CT molecular complexity index is 476. The first-order valence-corrected chi connectivity index (χ1v) is 5.67. The van der Waals surface area contributed by atoms with Crippen molar-refractivity contribution in [3.05, 3.63) is 30.1 Å². The minimum atomic E-state index is -0.997. The van der Waals surface area contributed by atoms with E-state index in [0.29, 0.717) is 5.56 Å². The van der Waals surface area contributed by atoms with E-state index < -0.39 is 5.54 Å². The quantitative estimate of drug-likeness (QED) is 0.780. The molecule has 1 saturated heterocycles. The predicted molar refractivity (Wildman–Crippen MR) is 65.5 cm³/mol. The number of hydrogen-bond donors (Lipinski definition) is 1. The van der Waals surface area contributed by atoms with Gasteiger partial charge >= 0.3 is 6.03 Å². The summed E-state index contributed by atoms with van der Waals surface area (Å²) >= 11 is 0. The number of aromatic nitrogens is 1. The van der Waals surface area contributed by atoms with Crippen molar-refractivity contribution >= 4 is 11.9 Å². The van der Waals surface area contributed by atoms with E-state index in [4.69, 9.17) is 0 Å². The van der Waals surface area contributed by atoms with Crippen LogP contribution in [0.3, 0.4) is 0 Å². The van der Waals surface area contributed by atoms with Crippen LogP contribution in [0.4, 0.5) is 4.79 Å². The number of carbonyl (C=O) groups excluding carboxylic acids is 2. The van der Waals surface area contributed by atoms with E-state index in [1.165, 1.54) is 9.80 Å². The van der Waals surface area contributed by atoms with Crippen molar-refractivity contribution in [2.75, 3.05) is 20.8 Å². The van der Waals surface area contributed by atoms with Crippen molar-refractivity contribution in [3.8, 4) is 0 Å². The van der Waals surface area contributed by atoms with Crippen LogP contribution in [0.2, 0.25) is 0 Å². The monoisotopic (exact) mass is 248 g/mol. The Labute approximate surface area is 106 Å². The van der Waals surface area contributed by atoms with Crippen LogP contribution >= 0.6 is 0 Å². The molecule has 18 heavy (non-hydrogen) atoms. The zero-order chi connectivity index (χ0) is 13.3. The molecule has 2 rings (SSSR count). The van der Waals surface area contributed by atoms with E-state index in [-0.39, 0.29) is 18.6 Å². The predicted octanol–water partition coefficient (Wildman–Crippen LogP) is 0.368. The molecule has 0 spiro atoms. The number of carbonyl (C=O) groups is 2. The van der Waals surface area contributed by atoms with Gasteiger partial charge in [-0.15, -0.1) is 0 Å². The van der Waals surface area contributed by atoms with Gasteiger partial charge in [-0.3, -0.25) is 14.7 Å². The fourth-order valence-electron chi connectivity index (χ4n) is 2.24. The summed E-state index contributed by atoms with van der Waals surface area (Å²) in [5.41, 5.74) is -0.286. The van der Waals surface area contributed by atoms with Gasteiger partial charge in [0.25, 0.3) is 5.91 Å². The molecule has 0 bridgehead atoms. The Morgan fingerprint density at radius 3 is 2.83 bits per heavy atom. The summed E-state index contributed by atoms with van der Waals surface area (Å²) in [4.78, 5) is 31.3. The molecule has 1 aliphatic heterocycles. The molecule has 6 heteroatoms. The molecule has 0 aliphatic carbocycles. The van der Waals surface area contributed by atoms with Crippen LogP contribution in [-0.2, 0) is 10.3 Å². The van der Waals surface area contributed by atoms with Crippen LogP contribution in [0, 0.1) is 0 Å². The SMILES string of the molecule is CNC(=O)N1CN(C)C(=O)[C@]1(C)c1cccnc1. The molecular weight excluding hydrogens is 232 g/mol. The van der Waals surface area contributed by atoms with Crippen molar-refractivity contribution in [2.45, 2.75) is 12.5 Å². The third kappa shape index (κ3) is 1.61. The highest BCUT2D eigenvalue weighted by atomic mass is 16.2. The van der Waals surface area contributed by atoms with Gasteiger partial charge in [0.05, 0.1) is 6.67 Å². The van der Waals surface area contributed by atoms with Crippen molar-refractivity contribution < 1.29 is 9.59 Å². The number of nitrogens with one attached hydrogen (secondary N) is 1. The lowest BCUT2D eigenvalue weighted by Gasteiger charge is -2.31. The number of hydrogen-bond acceptors (Lipinski definition) is 3. The van der Waals surface area contributed by atoms with Gasteiger partial charge in [0.15, 0.2) is 0 Å². The molecule has 1 fully saturated rings. The molecule has 1 N–H and O–H groups in total. The first-order chi connectivity index (χ1) is 8.51. The zero-order valence-corrected chi connectivity index (χ0v) is 10.7. The molecule has 0 saturated carbocycles. The van der Waals surface area contributed by atoms with Gasteiger partial charge in [-0.1, -0.05) is 6.07 Å². The smallest absolute Gasteiger partial charge is 0.319 e. The third-order valence-corrected chi connectivity index (χ3v) is 3.34. The molecule has 1 atom stereocenters. The lowest BCUT2D eigenvalue weighted by atomic mass is 9.92. The summed E-state index contributed by atoms with van der Waals surface area (Å²) in [5.74, 6) is -0.112. The van der Waals surface area contributed by atoms with Crippen LogP contribution in [0.5, 0.6) is 0 Å². The Kier molecular flexibility index (Phi) is 2.94. The molecule has 6 nitrogen and oxygen atoms in total. The summed E-state index contributed by atoms with van der Waals surface area (Å²) in [6, 6.07) is 3.29. The minimum absolute atomic E-state index is 0.112. The second-order valence-electron chi connectivity index (χ2n) is 4.44. The maximum atomic E-state index is 12.3. The normalized spacial score (nSPS) is 23.4. The summed E-state index contributed by atoms with van der Waals surface area (Å²) in [5, 5.41) is 2.56. The van der Waals surface area contributed by atoms with E-state index in [1.54, 1.807) is 45.5 Å². The summed E-state index contributed by atoms with van der Waals surface area (Å²) in [6.45, 7) is 2.01. The van der Waals surface area contributed by atoms with Crippen LogP contribution in [0.25, 0.3) is 0 Å². The van der Waals surface area contributed by atoms with E-state index in [1.807, 2.05) is 0 Å². The number of pyridine rings is 1. The second-order valence-corrected chi connectivity index (χ2v) is 4.44. The standard InChI is InChI=1S/C12H16N4O2/c1-12(9-5-4-6-14-7-9)10(17)15(3)8-16(12)11(18)13-2/h4-7H,8H2,1-3H3,(H,13,18)/t12-/m0/s1. The summed E-state index contributed by atoms with van der Waals surface area (Å²) in [6.07, 6.45) is 3.26. The molecule has 1 aliphatic rings. The largest absolute Gasteiger partial charge is 0.341 e. The third-order valence-electron chi connectivity index (χ3n) is 3.34. The van der Waals surface area contributed by atoms with E-state index >= 15 is 0 Å². The van der Waals surface area contributed by atoms with Crippen molar-refractivity contribution in [1.82, 2.24) is 20.1 Å². The molecule has 3 amide bonds. The Balaban J connectivity index is 2.49. The maximum Gasteiger partial charge on any atom is 0.319 e. The molecule has 0 radical (unpaired) electrons. The minimum Gasteiger partial charge on any atom is -0.341 e. The van der Waals surface area contributed by atoms with Gasteiger partial charge in [0, 0.05) is 32.1 Å². The van der Waals surface area contributed by atoms with E-state index in [9.17, 15) is 9.59 Å². The summed E-state index contributed by atoms with van der Waals surface area (Å²) < 4.78 is 0. The van der Waals surface area contributed by atoms with Gasteiger partial charge in [-0.05, 0) is 13.0 Å².